The molecule has 1 heterocycles. The molecule has 19 heavy (non-hydrogen) atoms. The molecule has 0 saturated heterocycles. The molecule has 2 rings (SSSR count). The maximum atomic E-state index is 9.95. The third-order valence-electron chi connectivity index (χ3n) is 3.07. The predicted octanol–water partition coefficient (Wildman–Crippen LogP) is 2.93. The van der Waals surface area contributed by atoms with Crippen LogP contribution in [0.4, 0.5) is 0 Å². The molecule has 0 spiro atoms. The van der Waals surface area contributed by atoms with Gasteiger partial charge in [0.2, 0.25) is 0 Å². The molecule has 0 aliphatic heterocycles. The van der Waals surface area contributed by atoms with Crippen LogP contribution in [0.3, 0.4) is 0 Å². The number of aliphatic hydroxyl groups excluding tert-OH is 1. The van der Waals surface area contributed by atoms with Crippen molar-refractivity contribution in [3.05, 3.63) is 47.8 Å². The van der Waals surface area contributed by atoms with Crippen LogP contribution in [-0.4, -0.2) is 14.9 Å². The van der Waals surface area contributed by atoms with Crippen LogP contribution in [0.25, 0.3) is 0 Å². The summed E-state index contributed by atoms with van der Waals surface area (Å²) < 4.78 is 7.66. The van der Waals surface area contributed by atoms with Crippen molar-refractivity contribution >= 4 is 0 Å². The van der Waals surface area contributed by atoms with E-state index in [9.17, 15) is 5.11 Å². The van der Waals surface area contributed by atoms with Crippen LogP contribution in [-0.2, 0) is 13.2 Å². The number of aliphatic hydroxyl groups is 1. The number of hydrogen-bond acceptors (Lipinski definition) is 3. The van der Waals surface area contributed by atoms with E-state index in [1.165, 1.54) is 0 Å². The van der Waals surface area contributed by atoms with Crippen molar-refractivity contribution < 1.29 is 9.84 Å². The summed E-state index contributed by atoms with van der Waals surface area (Å²) in [6.45, 7) is 5.32. The smallest absolute Gasteiger partial charge is 0.125 e. The average Bonchev–Trinajstić information content (AvgIpc) is 2.92. The molecule has 0 bridgehead atoms. The summed E-state index contributed by atoms with van der Waals surface area (Å²) in [5, 5.41) is 14.2. The van der Waals surface area contributed by atoms with Gasteiger partial charge in [0.05, 0.1) is 12.3 Å². The van der Waals surface area contributed by atoms with E-state index >= 15 is 0 Å². The number of hydrogen-bond donors (Lipinski definition) is 1. The molecule has 0 fully saturated rings. The maximum Gasteiger partial charge on any atom is 0.125 e. The number of para-hydroxylation sites is 1. The monoisotopic (exact) mass is 260 g/mol. The van der Waals surface area contributed by atoms with Crippen LogP contribution >= 0.6 is 0 Å². The summed E-state index contributed by atoms with van der Waals surface area (Å²) >= 11 is 0. The van der Waals surface area contributed by atoms with E-state index in [0.717, 1.165) is 23.4 Å². The normalized spacial score (nSPS) is 12.4. The summed E-state index contributed by atoms with van der Waals surface area (Å²) in [7, 11) is 0. The van der Waals surface area contributed by atoms with E-state index < -0.39 is 6.10 Å². The molecule has 1 aromatic carbocycles. The van der Waals surface area contributed by atoms with Gasteiger partial charge in [-0.05, 0) is 19.4 Å². The molecule has 0 saturated carbocycles. The fraction of sp³-hybridized carbons (Fsp3) is 0.400. The van der Waals surface area contributed by atoms with Crippen molar-refractivity contribution in [1.29, 1.82) is 0 Å². The maximum absolute atomic E-state index is 9.95. The standard InChI is InChI=1S/C15H20N2O2/c1-3-14(18)13-7-5-6-8-15(13)19-11-12-9-16-17(4-2)10-12/h5-10,14,18H,3-4,11H2,1-2H3/t14-/m1/s1. The fourth-order valence-corrected chi connectivity index (χ4v) is 1.92. The summed E-state index contributed by atoms with van der Waals surface area (Å²) in [5.41, 5.74) is 1.87. The van der Waals surface area contributed by atoms with Crippen LogP contribution in [0, 0.1) is 0 Å². The lowest BCUT2D eigenvalue weighted by atomic mass is 10.1. The number of aryl methyl sites for hydroxylation is 1. The lowest BCUT2D eigenvalue weighted by molar-refractivity contribution is 0.166. The Morgan fingerprint density at radius 1 is 1.32 bits per heavy atom. The van der Waals surface area contributed by atoms with E-state index in [1.54, 1.807) is 0 Å². The third-order valence-corrected chi connectivity index (χ3v) is 3.07. The van der Waals surface area contributed by atoms with Crippen molar-refractivity contribution in [1.82, 2.24) is 9.78 Å². The Bertz CT molecular complexity index is 522. The molecule has 0 radical (unpaired) electrons. The Morgan fingerprint density at radius 3 is 2.79 bits per heavy atom. The van der Waals surface area contributed by atoms with Gasteiger partial charge < -0.3 is 9.84 Å². The quantitative estimate of drug-likeness (QED) is 0.868. The van der Waals surface area contributed by atoms with Crippen molar-refractivity contribution in [2.45, 2.75) is 39.5 Å². The highest BCUT2D eigenvalue weighted by Gasteiger charge is 2.11. The minimum atomic E-state index is -0.477. The van der Waals surface area contributed by atoms with Crippen molar-refractivity contribution in [2.24, 2.45) is 0 Å². The van der Waals surface area contributed by atoms with Crippen molar-refractivity contribution in [3.8, 4) is 5.75 Å². The molecule has 1 aromatic heterocycles. The highest BCUT2D eigenvalue weighted by atomic mass is 16.5. The largest absolute Gasteiger partial charge is 0.488 e. The number of rotatable bonds is 6. The number of ether oxygens (including phenoxy) is 1. The molecule has 0 aliphatic rings. The molecular formula is C15H20N2O2. The molecule has 0 unspecified atom stereocenters. The highest BCUT2D eigenvalue weighted by molar-refractivity contribution is 5.35. The molecule has 4 heteroatoms. The second-order valence-electron chi connectivity index (χ2n) is 4.45. The molecule has 1 atom stereocenters. The van der Waals surface area contributed by atoms with Gasteiger partial charge in [0.1, 0.15) is 12.4 Å². The second-order valence-corrected chi connectivity index (χ2v) is 4.45. The van der Waals surface area contributed by atoms with Gasteiger partial charge in [-0.1, -0.05) is 25.1 Å². The summed E-state index contributed by atoms with van der Waals surface area (Å²) in [6, 6.07) is 7.62. The Hall–Kier alpha value is -1.81. The van der Waals surface area contributed by atoms with Gasteiger partial charge in [-0.3, -0.25) is 4.68 Å². The fourth-order valence-electron chi connectivity index (χ4n) is 1.92. The zero-order valence-corrected chi connectivity index (χ0v) is 11.4. The Kier molecular flexibility index (Phi) is 4.58. The molecule has 4 nitrogen and oxygen atoms in total. The number of nitrogens with zero attached hydrogens (tertiary/aromatic N) is 2. The topological polar surface area (TPSA) is 47.3 Å². The number of benzene rings is 1. The Labute approximate surface area is 113 Å². The Balaban J connectivity index is 2.06. The van der Waals surface area contributed by atoms with E-state index in [-0.39, 0.29) is 0 Å². The first-order valence-electron chi connectivity index (χ1n) is 6.65. The average molecular weight is 260 g/mol. The molecule has 0 aliphatic carbocycles. The van der Waals surface area contributed by atoms with Crippen LogP contribution in [0.2, 0.25) is 0 Å². The highest BCUT2D eigenvalue weighted by Crippen LogP contribution is 2.27. The second kappa shape index (κ2) is 6.38. The van der Waals surface area contributed by atoms with Crippen LogP contribution < -0.4 is 4.74 Å². The van der Waals surface area contributed by atoms with Crippen molar-refractivity contribution in [3.63, 3.8) is 0 Å². The summed E-state index contributed by atoms with van der Waals surface area (Å²) in [4.78, 5) is 0. The van der Waals surface area contributed by atoms with Gasteiger partial charge in [-0.25, -0.2) is 0 Å². The van der Waals surface area contributed by atoms with Gasteiger partial charge in [0.25, 0.3) is 0 Å². The first kappa shape index (κ1) is 13.6. The minimum absolute atomic E-state index is 0.466. The van der Waals surface area contributed by atoms with E-state index in [4.69, 9.17) is 4.74 Å². The van der Waals surface area contributed by atoms with Gasteiger partial charge in [-0.2, -0.15) is 5.10 Å². The van der Waals surface area contributed by atoms with E-state index in [0.29, 0.717) is 13.0 Å². The Morgan fingerprint density at radius 2 is 2.11 bits per heavy atom. The third kappa shape index (κ3) is 3.35. The van der Waals surface area contributed by atoms with Gasteiger partial charge in [0.15, 0.2) is 0 Å². The van der Waals surface area contributed by atoms with Gasteiger partial charge >= 0.3 is 0 Å². The molecule has 1 N–H and O–H groups in total. The molecular weight excluding hydrogens is 240 g/mol. The van der Waals surface area contributed by atoms with E-state index in [2.05, 4.69) is 5.10 Å². The molecule has 2 aromatic rings. The zero-order chi connectivity index (χ0) is 13.7. The van der Waals surface area contributed by atoms with Gasteiger partial charge in [-0.15, -0.1) is 0 Å². The zero-order valence-electron chi connectivity index (χ0n) is 11.4. The minimum Gasteiger partial charge on any atom is -0.488 e. The molecule has 0 amide bonds. The van der Waals surface area contributed by atoms with Crippen molar-refractivity contribution in [2.75, 3.05) is 0 Å². The lowest BCUT2D eigenvalue weighted by Crippen LogP contribution is -2.02. The number of aromatic nitrogens is 2. The molecule has 102 valence electrons. The summed E-state index contributed by atoms with van der Waals surface area (Å²) in [5.74, 6) is 0.737. The lowest BCUT2D eigenvalue weighted by Gasteiger charge is -2.14. The first-order chi connectivity index (χ1) is 9.24. The van der Waals surface area contributed by atoms with Gasteiger partial charge in [0, 0.05) is 23.9 Å². The van der Waals surface area contributed by atoms with Crippen LogP contribution in [0.15, 0.2) is 36.7 Å². The van der Waals surface area contributed by atoms with E-state index in [1.807, 2.05) is 55.2 Å². The van der Waals surface area contributed by atoms with Crippen LogP contribution in [0.5, 0.6) is 5.75 Å². The van der Waals surface area contributed by atoms with Crippen LogP contribution in [0.1, 0.15) is 37.5 Å². The summed E-state index contributed by atoms with van der Waals surface area (Å²) in [6.07, 6.45) is 3.98. The SMILES string of the molecule is CC[C@@H](O)c1ccccc1OCc1cnn(CC)c1. The predicted molar refractivity (Wildman–Crippen MR) is 73.9 cm³/mol. The first-order valence-corrected chi connectivity index (χ1v) is 6.65.